The molecule has 0 bridgehead atoms. The second kappa shape index (κ2) is 9.28. The molecule has 1 aromatic rings. The third-order valence-electron chi connectivity index (χ3n) is 4.09. The summed E-state index contributed by atoms with van der Waals surface area (Å²) in [4.78, 5) is 36.3. The molecule has 1 unspecified atom stereocenters. The Kier molecular flexibility index (Phi) is 7.08. The van der Waals surface area contributed by atoms with Gasteiger partial charge in [0.1, 0.15) is 18.5 Å². The van der Waals surface area contributed by atoms with Gasteiger partial charge in [0.25, 0.3) is 5.91 Å². The number of morpholine rings is 1. The Bertz CT molecular complexity index is 649. The van der Waals surface area contributed by atoms with Gasteiger partial charge in [0.15, 0.2) is 0 Å². The van der Waals surface area contributed by atoms with E-state index in [4.69, 9.17) is 9.84 Å². The minimum absolute atomic E-state index is 0.115. The highest BCUT2D eigenvalue weighted by Gasteiger charge is 2.36. The van der Waals surface area contributed by atoms with Gasteiger partial charge in [-0.15, -0.1) is 0 Å². The Hall–Kier alpha value is -2.48. The average Bonchev–Trinajstić information content (AvgIpc) is 2.61. The van der Waals surface area contributed by atoms with Crippen molar-refractivity contribution in [2.75, 3.05) is 19.7 Å². The fourth-order valence-corrected chi connectivity index (χ4v) is 2.74. The van der Waals surface area contributed by atoms with Crippen molar-refractivity contribution in [1.82, 2.24) is 10.0 Å². The van der Waals surface area contributed by atoms with E-state index >= 15 is 0 Å². The number of halogens is 1. The van der Waals surface area contributed by atoms with E-state index in [2.05, 4.69) is 0 Å². The highest BCUT2D eigenvalue weighted by molar-refractivity contribution is 5.87. The second-order valence-electron chi connectivity index (χ2n) is 6.10. The van der Waals surface area contributed by atoms with Crippen LogP contribution in [0.15, 0.2) is 24.3 Å². The fraction of sp³-hybridized carbons (Fsp3) is 0.500. The lowest BCUT2D eigenvalue weighted by atomic mass is 10.1. The van der Waals surface area contributed by atoms with Gasteiger partial charge < -0.3 is 9.84 Å². The molecule has 1 heterocycles. The van der Waals surface area contributed by atoms with E-state index in [0.29, 0.717) is 12.0 Å². The second-order valence-corrected chi connectivity index (χ2v) is 6.10. The first kappa shape index (κ1) is 19.8. The molecule has 1 fully saturated rings. The van der Waals surface area contributed by atoms with Crippen LogP contribution in [0, 0.1) is 5.82 Å². The molecule has 2 rings (SSSR count). The van der Waals surface area contributed by atoms with Crippen molar-refractivity contribution >= 4 is 17.8 Å². The number of carboxylic acids is 1. The number of ether oxygens (including phenoxy) is 1. The molecular formula is C18H23FN2O5. The van der Waals surface area contributed by atoms with E-state index in [0.717, 1.165) is 11.4 Å². The Morgan fingerprint density at radius 3 is 2.65 bits per heavy atom. The molecule has 7 nitrogen and oxygen atoms in total. The van der Waals surface area contributed by atoms with Crippen molar-refractivity contribution in [2.45, 2.75) is 38.7 Å². The van der Waals surface area contributed by atoms with E-state index in [1.165, 1.54) is 17.1 Å². The molecule has 2 amide bonds. The topological polar surface area (TPSA) is 87.2 Å². The summed E-state index contributed by atoms with van der Waals surface area (Å²) in [7, 11) is 0. The lowest BCUT2D eigenvalue weighted by Gasteiger charge is -2.39. The van der Waals surface area contributed by atoms with E-state index in [9.17, 15) is 18.8 Å². The zero-order valence-corrected chi connectivity index (χ0v) is 14.7. The number of hydrogen-bond acceptors (Lipinski definition) is 4. The Balaban J connectivity index is 2.12. The SMILES string of the molecule is CCCCC(=O)N(CC(=O)O)N1CCOC(Cc2ccc(F)cc2)C1=O. The Morgan fingerprint density at radius 2 is 2.04 bits per heavy atom. The Morgan fingerprint density at radius 1 is 1.35 bits per heavy atom. The van der Waals surface area contributed by atoms with Crippen LogP contribution in [0.2, 0.25) is 0 Å². The monoisotopic (exact) mass is 366 g/mol. The first-order chi connectivity index (χ1) is 12.4. The maximum absolute atomic E-state index is 13.0. The minimum Gasteiger partial charge on any atom is -0.480 e. The molecule has 1 aliphatic heterocycles. The molecule has 1 N–H and O–H groups in total. The van der Waals surface area contributed by atoms with Gasteiger partial charge in [-0.1, -0.05) is 25.5 Å². The van der Waals surface area contributed by atoms with Crippen molar-refractivity contribution in [3.8, 4) is 0 Å². The van der Waals surface area contributed by atoms with Crippen molar-refractivity contribution in [2.24, 2.45) is 0 Å². The number of unbranched alkanes of at least 4 members (excludes halogenated alkanes) is 1. The quantitative estimate of drug-likeness (QED) is 0.755. The zero-order valence-electron chi connectivity index (χ0n) is 14.7. The molecule has 1 aromatic carbocycles. The van der Waals surface area contributed by atoms with Crippen molar-refractivity contribution in [3.05, 3.63) is 35.6 Å². The number of hydrazine groups is 1. The van der Waals surface area contributed by atoms with Gasteiger partial charge in [-0.25, -0.2) is 14.4 Å². The number of rotatable bonds is 8. The number of amides is 2. The molecule has 0 saturated carbocycles. The highest BCUT2D eigenvalue weighted by Crippen LogP contribution is 2.17. The zero-order chi connectivity index (χ0) is 19.1. The van der Waals surface area contributed by atoms with Gasteiger partial charge in [-0.3, -0.25) is 14.4 Å². The van der Waals surface area contributed by atoms with Crippen LogP contribution < -0.4 is 0 Å². The summed E-state index contributed by atoms with van der Waals surface area (Å²) in [6.45, 7) is 1.66. The van der Waals surface area contributed by atoms with Crippen LogP contribution in [-0.2, 0) is 25.5 Å². The van der Waals surface area contributed by atoms with E-state index in [1.54, 1.807) is 12.1 Å². The summed E-state index contributed by atoms with van der Waals surface area (Å²) in [5.41, 5.74) is 0.716. The van der Waals surface area contributed by atoms with Crippen LogP contribution in [-0.4, -0.2) is 58.7 Å². The minimum atomic E-state index is -1.19. The van der Waals surface area contributed by atoms with E-state index in [-0.39, 0.29) is 31.8 Å². The predicted molar refractivity (Wildman–Crippen MR) is 90.4 cm³/mol. The standard InChI is InChI=1S/C18H23FN2O5/c1-2-3-4-16(22)21(12-17(23)24)20-9-10-26-15(18(20)25)11-13-5-7-14(19)8-6-13/h5-8,15H,2-4,9-12H2,1H3,(H,23,24). The largest absolute Gasteiger partial charge is 0.480 e. The summed E-state index contributed by atoms with van der Waals surface area (Å²) >= 11 is 0. The first-order valence-electron chi connectivity index (χ1n) is 8.62. The van der Waals surface area contributed by atoms with E-state index < -0.39 is 30.4 Å². The van der Waals surface area contributed by atoms with Crippen LogP contribution in [0.4, 0.5) is 4.39 Å². The van der Waals surface area contributed by atoms with E-state index in [1.807, 2.05) is 6.92 Å². The molecule has 1 atom stereocenters. The first-order valence-corrected chi connectivity index (χ1v) is 8.62. The average molecular weight is 366 g/mol. The summed E-state index contributed by atoms with van der Waals surface area (Å²) in [6.07, 6.45) is 0.963. The van der Waals surface area contributed by atoms with Gasteiger partial charge in [0.05, 0.1) is 13.2 Å². The summed E-state index contributed by atoms with van der Waals surface area (Å²) < 4.78 is 18.5. The van der Waals surface area contributed by atoms with Gasteiger partial charge in [-0.2, -0.15) is 0 Å². The van der Waals surface area contributed by atoms with Gasteiger partial charge in [0, 0.05) is 12.8 Å². The number of carbonyl (C=O) groups is 3. The van der Waals surface area contributed by atoms with Gasteiger partial charge >= 0.3 is 5.97 Å². The number of aliphatic carboxylic acids is 1. The third-order valence-corrected chi connectivity index (χ3v) is 4.09. The molecular weight excluding hydrogens is 343 g/mol. The van der Waals surface area contributed by atoms with Crippen LogP contribution in [0.1, 0.15) is 31.7 Å². The number of carbonyl (C=O) groups excluding carboxylic acids is 2. The summed E-state index contributed by atoms with van der Waals surface area (Å²) in [6, 6.07) is 5.72. The predicted octanol–water partition coefficient (Wildman–Crippen LogP) is 1.61. The number of carboxylic acid groups (broad SMARTS) is 1. The van der Waals surface area contributed by atoms with Gasteiger partial charge in [0.2, 0.25) is 5.91 Å². The molecule has 26 heavy (non-hydrogen) atoms. The van der Waals surface area contributed by atoms with Crippen molar-refractivity contribution in [3.63, 3.8) is 0 Å². The number of hydrogen-bond donors (Lipinski definition) is 1. The fourth-order valence-electron chi connectivity index (χ4n) is 2.74. The molecule has 1 saturated heterocycles. The van der Waals surface area contributed by atoms with Crippen molar-refractivity contribution < 1.29 is 28.6 Å². The van der Waals surface area contributed by atoms with Crippen molar-refractivity contribution in [1.29, 1.82) is 0 Å². The lowest BCUT2D eigenvalue weighted by molar-refractivity contribution is -0.186. The van der Waals surface area contributed by atoms with Crippen LogP contribution in [0.5, 0.6) is 0 Å². The molecule has 0 aromatic heterocycles. The van der Waals surface area contributed by atoms with Gasteiger partial charge in [-0.05, 0) is 24.1 Å². The number of benzene rings is 1. The van der Waals surface area contributed by atoms with Crippen LogP contribution >= 0.6 is 0 Å². The summed E-state index contributed by atoms with van der Waals surface area (Å²) in [5.74, 6) is -2.43. The normalized spacial score (nSPS) is 17.2. The third kappa shape index (κ3) is 5.26. The molecule has 0 aliphatic carbocycles. The molecule has 142 valence electrons. The number of nitrogens with zero attached hydrogens (tertiary/aromatic N) is 2. The summed E-state index contributed by atoms with van der Waals surface area (Å²) in [5, 5.41) is 11.3. The lowest BCUT2D eigenvalue weighted by Crippen LogP contribution is -2.59. The molecule has 1 aliphatic rings. The Labute approximate surface area is 151 Å². The molecule has 8 heteroatoms. The van der Waals surface area contributed by atoms with Crippen LogP contribution in [0.3, 0.4) is 0 Å². The maximum atomic E-state index is 13.0. The highest BCUT2D eigenvalue weighted by atomic mass is 19.1. The van der Waals surface area contributed by atoms with Crippen LogP contribution in [0.25, 0.3) is 0 Å². The smallest absolute Gasteiger partial charge is 0.325 e. The maximum Gasteiger partial charge on any atom is 0.325 e. The molecule has 0 radical (unpaired) electrons. The molecule has 0 spiro atoms.